The number of hydrogen-bond donors (Lipinski definition) is 1. The lowest BCUT2D eigenvalue weighted by atomic mass is 10.2. The van der Waals surface area contributed by atoms with Gasteiger partial charge in [0, 0.05) is 21.8 Å². The Morgan fingerprint density at radius 1 is 1.04 bits per heavy atom. The van der Waals surface area contributed by atoms with Crippen LogP contribution in [0.2, 0.25) is 10.0 Å². The highest BCUT2D eigenvalue weighted by atomic mass is 35.5. The summed E-state index contributed by atoms with van der Waals surface area (Å²) in [4.78, 5) is 4.13. The van der Waals surface area contributed by atoms with E-state index in [9.17, 15) is 0 Å². The molecule has 0 fully saturated rings. The van der Waals surface area contributed by atoms with E-state index in [-0.39, 0.29) is 6.61 Å². The number of benzene rings is 2. The van der Waals surface area contributed by atoms with Gasteiger partial charge in [0.05, 0.1) is 13.3 Å². The van der Waals surface area contributed by atoms with E-state index in [0.717, 1.165) is 11.1 Å². The summed E-state index contributed by atoms with van der Waals surface area (Å²) in [6, 6.07) is 16.4. The smallest absolute Gasteiger partial charge is 0.161 e. The normalized spacial score (nSPS) is 10.8. The quantitative estimate of drug-likeness (QED) is 0.424. The SMILES string of the molecule is COc1cc(/C=N/Nc2ccccn2)ccc1OCc1c(Cl)cccc1Cl. The third-order valence-corrected chi connectivity index (χ3v) is 4.39. The average molecular weight is 402 g/mol. The lowest BCUT2D eigenvalue weighted by Crippen LogP contribution is -2.00. The predicted molar refractivity (Wildman–Crippen MR) is 109 cm³/mol. The lowest BCUT2D eigenvalue weighted by molar-refractivity contribution is 0.284. The van der Waals surface area contributed by atoms with Gasteiger partial charge in [0.15, 0.2) is 11.5 Å². The molecule has 27 heavy (non-hydrogen) atoms. The first-order valence-electron chi connectivity index (χ1n) is 8.11. The van der Waals surface area contributed by atoms with E-state index in [1.54, 1.807) is 37.7 Å². The van der Waals surface area contributed by atoms with E-state index in [1.807, 2.05) is 36.4 Å². The molecule has 0 bridgehead atoms. The second-order valence-electron chi connectivity index (χ2n) is 5.48. The summed E-state index contributed by atoms with van der Waals surface area (Å²) in [5, 5.41) is 5.29. The number of anilines is 1. The van der Waals surface area contributed by atoms with Gasteiger partial charge in [0.25, 0.3) is 0 Å². The van der Waals surface area contributed by atoms with Crippen LogP contribution in [0.3, 0.4) is 0 Å². The Bertz CT molecular complexity index is 914. The molecule has 0 spiro atoms. The molecule has 2 aromatic carbocycles. The van der Waals surface area contributed by atoms with Gasteiger partial charge in [-0.15, -0.1) is 0 Å². The lowest BCUT2D eigenvalue weighted by Gasteiger charge is -2.13. The Labute approximate surface area is 167 Å². The molecule has 7 heteroatoms. The first-order chi connectivity index (χ1) is 13.2. The predicted octanol–water partition coefficient (Wildman–Crippen LogP) is 5.42. The molecule has 1 heterocycles. The van der Waals surface area contributed by atoms with Crippen LogP contribution in [0.15, 0.2) is 65.9 Å². The standard InChI is InChI=1S/C20H17Cl2N3O2/c1-26-19-11-14(12-24-25-20-7-2-3-10-23-20)8-9-18(19)27-13-15-16(21)5-4-6-17(15)22/h2-12H,13H2,1H3,(H,23,25)/b24-12+. The Kier molecular flexibility index (Phi) is 6.52. The van der Waals surface area contributed by atoms with Gasteiger partial charge < -0.3 is 9.47 Å². The number of nitrogens with one attached hydrogen (secondary N) is 1. The van der Waals surface area contributed by atoms with Crippen molar-refractivity contribution in [1.29, 1.82) is 0 Å². The summed E-state index contributed by atoms with van der Waals surface area (Å²) >= 11 is 12.4. The Morgan fingerprint density at radius 3 is 2.56 bits per heavy atom. The van der Waals surface area contributed by atoms with Crippen molar-refractivity contribution in [3.05, 3.63) is 82.0 Å². The maximum Gasteiger partial charge on any atom is 0.161 e. The highest BCUT2D eigenvalue weighted by Crippen LogP contribution is 2.31. The van der Waals surface area contributed by atoms with Crippen LogP contribution in [0.25, 0.3) is 0 Å². The summed E-state index contributed by atoms with van der Waals surface area (Å²) in [6.45, 7) is 0.240. The molecule has 3 rings (SSSR count). The van der Waals surface area contributed by atoms with Crippen LogP contribution in [0, 0.1) is 0 Å². The van der Waals surface area contributed by atoms with Crippen molar-refractivity contribution in [2.24, 2.45) is 5.10 Å². The van der Waals surface area contributed by atoms with E-state index < -0.39 is 0 Å². The molecule has 138 valence electrons. The molecule has 0 aliphatic carbocycles. The van der Waals surface area contributed by atoms with Gasteiger partial charge >= 0.3 is 0 Å². The molecule has 0 aliphatic rings. The van der Waals surface area contributed by atoms with Crippen LogP contribution in [0.1, 0.15) is 11.1 Å². The van der Waals surface area contributed by atoms with Crippen LogP contribution < -0.4 is 14.9 Å². The van der Waals surface area contributed by atoms with Gasteiger partial charge in [-0.25, -0.2) is 4.98 Å². The Balaban J connectivity index is 1.69. The highest BCUT2D eigenvalue weighted by molar-refractivity contribution is 6.35. The molecule has 0 amide bonds. The maximum absolute atomic E-state index is 6.18. The third-order valence-electron chi connectivity index (χ3n) is 3.68. The summed E-state index contributed by atoms with van der Waals surface area (Å²) in [6.07, 6.45) is 3.37. The summed E-state index contributed by atoms with van der Waals surface area (Å²) in [7, 11) is 1.58. The molecule has 0 saturated carbocycles. The highest BCUT2D eigenvalue weighted by Gasteiger charge is 2.09. The van der Waals surface area contributed by atoms with Gasteiger partial charge in [0.2, 0.25) is 0 Å². The Hall–Kier alpha value is -2.76. The van der Waals surface area contributed by atoms with Crippen molar-refractivity contribution in [1.82, 2.24) is 4.98 Å². The molecule has 0 atom stereocenters. The van der Waals surface area contributed by atoms with Gasteiger partial charge in [-0.1, -0.05) is 35.3 Å². The second-order valence-corrected chi connectivity index (χ2v) is 6.30. The zero-order valence-corrected chi connectivity index (χ0v) is 16.0. The van der Waals surface area contributed by atoms with E-state index in [2.05, 4.69) is 15.5 Å². The summed E-state index contributed by atoms with van der Waals surface area (Å²) in [5.74, 6) is 1.83. The van der Waals surface area contributed by atoms with Crippen molar-refractivity contribution in [3.8, 4) is 11.5 Å². The number of methoxy groups -OCH3 is 1. The van der Waals surface area contributed by atoms with Crippen LogP contribution in [-0.2, 0) is 6.61 Å². The number of aromatic nitrogens is 1. The van der Waals surface area contributed by atoms with Crippen molar-refractivity contribution < 1.29 is 9.47 Å². The number of hydrazone groups is 1. The topological polar surface area (TPSA) is 55.7 Å². The maximum atomic E-state index is 6.18. The molecule has 3 aromatic rings. The minimum atomic E-state index is 0.240. The van der Waals surface area contributed by atoms with E-state index in [1.165, 1.54) is 0 Å². The van der Waals surface area contributed by atoms with Gasteiger partial charge in [-0.2, -0.15) is 5.10 Å². The molecule has 0 aliphatic heterocycles. The summed E-state index contributed by atoms with van der Waals surface area (Å²) < 4.78 is 11.3. The largest absolute Gasteiger partial charge is 0.493 e. The fourth-order valence-corrected chi connectivity index (χ4v) is 2.81. The van der Waals surface area contributed by atoms with Crippen molar-refractivity contribution in [3.63, 3.8) is 0 Å². The molecule has 1 N–H and O–H groups in total. The average Bonchev–Trinajstić information content (AvgIpc) is 2.69. The molecule has 0 unspecified atom stereocenters. The number of rotatable bonds is 7. The molecular weight excluding hydrogens is 385 g/mol. The zero-order chi connectivity index (χ0) is 19.1. The minimum Gasteiger partial charge on any atom is -0.493 e. The number of hydrogen-bond acceptors (Lipinski definition) is 5. The first kappa shape index (κ1) is 19.0. The minimum absolute atomic E-state index is 0.240. The third kappa shape index (κ3) is 5.12. The molecular formula is C20H17Cl2N3O2. The fraction of sp³-hybridized carbons (Fsp3) is 0.100. The Morgan fingerprint density at radius 2 is 1.85 bits per heavy atom. The molecule has 0 radical (unpaired) electrons. The van der Waals surface area contributed by atoms with Crippen molar-refractivity contribution in [2.75, 3.05) is 12.5 Å². The van der Waals surface area contributed by atoms with Crippen molar-refractivity contribution in [2.45, 2.75) is 6.61 Å². The fourth-order valence-electron chi connectivity index (χ4n) is 2.31. The van der Waals surface area contributed by atoms with E-state index in [0.29, 0.717) is 27.4 Å². The van der Waals surface area contributed by atoms with E-state index >= 15 is 0 Å². The number of nitrogens with zero attached hydrogens (tertiary/aromatic N) is 2. The summed E-state index contributed by atoms with van der Waals surface area (Å²) in [5.41, 5.74) is 4.44. The molecule has 5 nitrogen and oxygen atoms in total. The zero-order valence-electron chi connectivity index (χ0n) is 14.5. The second kappa shape index (κ2) is 9.26. The number of pyridine rings is 1. The number of ether oxygens (including phenoxy) is 2. The molecule has 1 aromatic heterocycles. The first-order valence-corrected chi connectivity index (χ1v) is 8.87. The van der Waals surface area contributed by atoms with Crippen LogP contribution >= 0.6 is 23.2 Å². The van der Waals surface area contributed by atoms with Crippen LogP contribution in [-0.4, -0.2) is 18.3 Å². The van der Waals surface area contributed by atoms with Gasteiger partial charge in [-0.05, 0) is 48.0 Å². The number of halogens is 2. The van der Waals surface area contributed by atoms with Gasteiger partial charge in [0.1, 0.15) is 12.4 Å². The monoisotopic (exact) mass is 401 g/mol. The van der Waals surface area contributed by atoms with Crippen LogP contribution in [0.4, 0.5) is 5.82 Å². The molecule has 0 saturated heterocycles. The van der Waals surface area contributed by atoms with Crippen LogP contribution in [0.5, 0.6) is 11.5 Å². The van der Waals surface area contributed by atoms with Crippen molar-refractivity contribution >= 4 is 35.2 Å². The van der Waals surface area contributed by atoms with E-state index in [4.69, 9.17) is 32.7 Å². The van der Waals surface area contributed by atoms with Gasteiger partial charge in [-0.3, -0.25) is 5.43 Å².